The van der Waals surface area contributed by atoms with Crippen LogP contribution in [0.5, 0.6) is 11.8 Å². The van der Waals surface area contributed by atoms with Gasteiger partial charge < -0.3 is 25.2 Å². The van der Waals surface area contributed by atoms with Crippen molar-refractivity contribution in [1.82, 2.24) is 25.2 Å². The van der Waals surface area contributed by atoms with Gasteiger partial charge in [0.25, 0.3) is 0 Å². The van der Waals surface area contributed by atoms with Crippen LogP contribution < -0.4 is 15.0 Å². The summed E-state index contributed by atoms with van der Waals surface area (Å²) in [5.74, 6) is 1.50. The van der Waals surface area contributed by atoms with Gasteiger partial charge in [0.05, 0.1) is 16.5 Å². The van der Waals surface area contributed by atoms with Crippen molar-refractivity contribution in [1.29, 1.82) is 0 Å². The third-order valence-corrected chi connectivity index (χ3v) is 11.2. The van der Waals surface area contributed by atoms with E-state index in [9.17, 15) is 14.6 Å². The number of unbranched alkanes of at least 4 members (excludes halogenated alkanes) is 1. The zero-order valence-electron chi connectivity index (χ0n) is 26.9. The number of piperazine rings is 1. The van der Waals surface area contributed by atoms with E-state index in [1.807, 2.05) is 0 Å². The van der Waals surface area contributed by atoms with Gasteiger partial charge >= 0.3 is 6.01 Å². The van der Waals surface area contributed by atoms with E-state index >= 15 is 4.39 Å². The molecule has 2 aromatic heterocycles. The molecule has 2 atom stereocenters. The van der Waals surface area contributed by atoms with E-state index in [0.29, 0.717) is 36.3 Å². The number of aliphatic hydroxyl groups excluding tert-OH is 1. The first-order valence-electron chi connectivity index (χ1n) is 17.1. The highest BCUT2D eigenvalue weighted by molar-refractivity contribution is 6.03. The second kappa shape index (κ2) is 12.1. The molecule has 0 aliphatic carbocycles. The molecule has 2 aromatic carbocycles. The van der Waals surface area contributed by atoms with Crippen molar-refractivity contribution in [3.63, 3.8) is 0 Å². The number of aromatic hydroxyl groups is 1. The number of nitrogens with zero attached hydrogens (tertiary/aromatic N) is 5. The molecular formula is C37H40F2N6O3. The molecule has 2 unspecified atom stereocenters. The number of rotatable bonds is 9. The van der Waals surface area contributed by atoms with Crippen molar-refractivity contribution >= 4 is 27.5 Å². The number of nitrogens with one attached hydrogen (secondary N) is 1. The standard InChI is InChI=1S/C37H40F2N6O3/c1-2-26-29(38)8-7-23-17-25(47)18-27(30(23)26)32-31(39)33-28(19-40-32)34(44-20-24-9-13-36(21-44,43-24)10-3-4-16-46)42-35(41-33)48-22-37-11-5-14-45(37)15-6-12-37/h1,7-8,17-19,24,43,46-47H,3-6,9-16,20-22H2. The summed E-state index contributed by atoms with van der Waals surface area (Å²) in [5, 5.41) is 25.1. The number of ether oxygens (including phenoxy) is 1. The summed E-state index contributed by atoms with van der Waals surface area (Å²) in [7, 11) is 0. The van der Waals surface area contributed by atoms with Crippen LogP contribution in [0.2, 0.25) is 0 Å². The lowest BCUT2D eigenvalue weighted by molar-refractivity contribution is 0.108. The smallest absolute Gasteiger partial charge is 0.319 e. The number of aliphatic hydroxyl groups is 1. The van der Waals surface area contributed by atoms with Gasteiger partial charge in [0.2, 0.25) is 0 Å². The van der Waals surface area contributed by atoms with Gasteiger partial charge in [-0.15, -0.1) is 6.42 Å². The highest BCUT2D eigenvalue weighted by atomic mass is 19.1. The van der Waals surface area contributed by atoms with Gasteiger partial charge in [0.15, 0.2) is 5.82 Å². The largest absolute Gasteiger partial charge is 0.508 e. The topological polar surface area (TPSA) is 107 Å². The fourth-order valence-electron chi connectivity index (χ4n) is 8.93. The van der Waals surface area contributed by atoms with Crippen LogP contribution in [0.3, 0.4) is 0 Å². The second-order valence-electron chi connectivity index (χ2n) is 14.1. The van der Waals surface area contributed by atoms with E-state index in [-0.39, 0.29) is 63.2 Å². The maximum absolute atomic E-state index is 17.0. The van der Waals surface area contributed by atoms with Gasteiger partial charge in [-0.25, -0.2) is 8.78 Å². The van der Waals surface area contributed by atoms with Crippen LogP contribution in [0.25, 0.3) is 32.9 Å². The summed E-state index contributed by atoms with van der Waals surface area (Å²) in [5.41, 5.74) is -0.0987. The summed E-state index contributed by atoms with van der Waals surface area (Å²) in [6, 6.07) is 5.92. The molecule has 6 heterocycles. The SMILES string of the molecule is C#Cc1c(F)ccc2cc(O)cc(-c3ncc4c(N5CC6CCC(CCCCO)(C5)N6)nc(OCC56CCCN5CCC6)nc4c3F)c12. The predicted molar refractivity (Wildman–Crippen MR) is 180 cm³/mol. The number of terminal acetylenes is 1. The third kappa shape index (κ3) is 5.21. The third-order valence-electron chi connectivity index (χ3n) is 11.2. The number of phenols is 1. The summed E-state index contributed by atoms with van der Waals surface area (Å²) < 4.78 is 38.3. The molecule has 0 saturated carbocycles. The number of fused-ring (bicyclic) bond motifs is 5. The fraction of sp³-hybridized carbons (Fsp3) is 0.486. The quantitative estimate of drug-likeness (QED) is 0.164. The van der Waals surface area contributed by atoms with Crippen molar-refractivity contribution in [3.05, 3.63) is 47.7 Å². The van der Waals surface area contributed by atoms with Crippen molar-refractivity contribution in [2.24, 2.45) is 0 Å². The zero-order valence-corrected chi connectivity index (χ0v) is 26.9. The lowest BCUT2D eigenvalue weighted by atomic mass is 9.90. The minimum Gasteiger partial charge on any atom is -0.508 e. The van der Waals surface area contributed by atoms with E-state index in [4.69, 9.17) is 16.1 Å². The van der Waals surface area contributed by atoms with Crippen LogP contribution in [-0.2, 0) is 0 Å². The number of pyridine rings is 1. The molecule has 2 bridgehead atoms. The minimum atomic E-state index is -0.725. The Morgan fingerprint density at radius 3 is 2.73 bits per heavy atom. The van der Waals surface area contributed by atoms with Crippen molar-refractivity contribution in [2.45, 2.75) is 74.9 Å². The zero-order chi connectivity index (χ0) is 33.0. The fourth-order valence-corrected chi connectivity index (χ4v) is 8.93. The van der Waals surface area contributed by atoms with Crippen molar-refractivity contribution in [3.8, 4) is 35.4 Å². The van der Waals surface area contributed by atoms with Gasteiger partial charge in [-0.1, -0.05) is 12.0 Å². The summed E-state index contributed by atoms with van der Waals surface area (Å²) in [6.45, 7) is 4.05. The van der Waals surface area contributed by atoms with Crippen LogP contribution in [-0.4, -0.2) is 86.6 Å². The Bertz CT molecular complexity index is 1940. The van der Waals surface area contributed by atoms with Crippen LogP contribution >= 0.6 is 0 Å². The predicted octanol–water partition coefficient (Wildman–Crippen LogP) is 5.29. The number of aromatic nitrogens is 3. The van der Waals surface area contributed by atoms with E-state index in [1.54, 1.807) is 6.20 Å². The average molecular weight is 655 g/mol. The minimum absolute atomic E-state index is 0.0316. The molecular weight excluding hydrogens is 614 g/mol. The van der Waals surface area contributed by atoms with E-state index in [2.05, 4.69) is 31.0 Å². The number of halogens is 2. The van der Waals surface area contributed by atoms with Gasteiger partial charge in [0.1, 0.15) is 35.2 Å². The van der Waals surface area contributed by atoms with Gasteiger partial charge in [-0.3, -0.25) is 9.88 Å². The van der Waals surface area contributed by atoms with Crippen LogP contribution in [0, 0.1) is 24.0 Å². The monoisotopic (exact) mass is 654 g/mol. The Morgan fingerprint density at radius 1 is 1.10 bits per heavy atom. The molecule has 0 radical (unpaired) electrons. The molecule has 4 fully saturated rings. The van der Waals surface area contributed by atoms with Gasteiger partial charge in [-0.05, 0) is 94.5 Å². The van der Waals surface area contributed by atoms with Gasteiger partial charge in [0, 0.05) is 48.4 Å². The molecule has 0 amide bonds. The lowest BCUT2D eigenvalue weighted by Gasteiger charge is -2.42. The molecule has 4 aromatic rings. The molecule has 48 heavy (non-hydrogen) atoms. The Hall–Kier alpha value is -4.11. The highest BCUT2D eigenvalue weighted by Gasteiger charge is 2.46. The van der Waals surface area contributed by atoms with E-state index < -0.39 is 11.6 Å². The molecule has 0 spiro atoms. The Morgan fingerprint density at radius 2 is 1.94 bits per heavy atom. The molecule has 4 aliphatic heterocycles. The molecule has 4 aliphatic rings. The lowest BCUT2D eigenvalue weighted by Crippen LogP contribution is -2.59. The average Bonchev–Trinajstić information content (AvgIpc) is 3.76. The first-order chi connectivity index (χ1) is 23.3. The van der Waals surface area contributed by atoms with Crippen molar-refractivity contribution in [2.75, 3.05) is 44.3 Å². The maximum Gasteiger partial charge on any atom is 0.319 e. The number of hydrogen-bond acceptors (Lipinski definition) is 9. The number of benzene rings is 2. The molecule has 11 heteroatoms. The van der Waals surface area contributed by atoms with Crippen molar-refractivity contribution < 1.29 is 23.7 Å². The van der Waals surface area contributed by atoms with E-state index in [1.165, 1.54) is 24.3 Å². The molecule has 250 valence electrons. The molecule has 4 saturated heterocycles. The summed E-state index contributed by atoms with van der Waals surface area (Å²) in [6.07, 6.45) is 16.2. The van der Waals surface area contributed by atoms with Gasteiger partial charge in [-0.2, -0.15) is 9.97 Å². The van der Waals surface area contributed by atoms with E-state index in [0.717, 1.165) is 70.9 Å². The first-order valence-corrected chi connectivity index (χ1v) is 17.1. The Kier molecular flexibility index (Phi) is 7.85. The summed E-state index contributed by atoms with van der Waals surface area (Å²) >= 11 is 0. The number of hydrogen-bond donors (Lipinski definition) is 3. The Balaban J connectivity index is 1.26. The number of phenolic OH excluding ortho intramolecular Hbond substituents is 1. The normalized spacial score (nSPS) is 23.2. The van der Waals surface area contributed by atoms with Crippen LogP contribution in [0.15, 0.2) is 30.5 Å². The molecule has 8 rings (SSSR count). The first kappa shape index (κ1) is 31.2. The maximum atomic E-state index is 17.0. The van der Waals surface area contributed by atoms with Crippen LogP contribution in [0.1, 0.15) is 63.4 Å². The van der Waals surface area contributed by atoms with Crippen LogP contribution in [0.4, 0.5) is 14.6 Å². The Labute approximate surface area is 278 Å². The molecule has 9 nitrogen and oxygen atoms in total. The highest BCUT2D eigenvalue weighted by Crippen LogP contribution is 2.42. The second-order valence-corrected chi connectivity index (χ2v) is 14.1. The summed E-state index contributed by atoms with van der Waals surface area (Å²) in [4.78, 5) is 18.9. The molecule has 3 N–H and O–H groups in total. The number of anilines is 1.